The van der Waals surface area contributed by atoms with E-state index in [9.17, 15) is 0 Å². The van der Waals surface area contributed by atoms with Crippen LogP contribution in [0.15, 0.2) is 109 Å². The van der Waals surface area contributed by atoms with E-state index < -0.39 is 0 Å². The molecule has 1 saturated heterocycles. The van der Waals surface area contributed by atoms with Crippen LogP contribution < -0.4 is 15.0 Å². The Morgan fingerprint density at radius 1 is 0.676 bits per heavy atom. The molecule has 37 heavy (non-hydrogen) atoms. The van der Waals surface area contributed by atoms with Gasteiger partial charge in [-0.3, -0.25) is 4.90 Å². The maximum atomic E-state index is 6.48. The second-order valence-electron chi connectivity index (χ2n) is 10.0. The van der Waals surface area contributed by atoms with Gasteiger partial charge in [-0.2, -0.15) is 0 Å². The van der Waals surface area contributed by atoms with Crippen LogP contribution in [0.2, 0.25) is 0 Å². The Hall–Kier alpha value is -3.76. The zero-order valence-corrected chi connectivity index (χ0v) is 21.3. The fourth-order valence-corrected chi connectivity index (χ4v) is 5.79. The first-order chi connectivity index (χ1) is 18.3. The summed E-state index contributed by atoms with van der Waals surface area (Å²) in [5.41, 5.74) is 6.51. The Balaban J connectivity index is 1.13. The highest BCUT2D eigenvalue weighted by atomic mass is 16.5. The van der Waals surface area contributed by atoms with Crippen LogP contribution in [0.25, 0.3) is 0 Å². The molecule has 6 rings (SSSR count). The standard InChI is InChI=1S/C33H35N3O/c1-3-11-26(12-4-1)32-25-30(28-15-7-9-17-31(28)34-32)29-16-8-10-18-33(29)37-24-23-35-19-21-36(22-20-35)27-13-5-2-6-14-27/h1-18,30,32,34H,19-25H2. The third-order valence-corrected chi connectivity index (χ3v) is 7.79. The topological polar surface area (TPSA) is 27.7 Å². The van der Waals surface area contributed by atoms with E-state index in [1.807, 2.05) is 0 Å². The van der Waals surface area contributed by atoms with E-state index in [2.05, 4.69) is 124 Å². The normalized spacial score (nSPS) is 19.6. The number of piperazine rings is 1. The van der Waals surface area contributed by atoms with Gasteiger partial charge in [-0.15, -0.1) is 0 Å². The fraction of sp³-hybridized carbons (Fsp3) is 0.273. The highest BCUT2D eigenvalue weighted by Gasteiger charge is 2.30. The second-order valence-corrected chi connectivity index (χ2v) is 10.0. The summed E-state index contributed by atoms with van der Waals surface area (Å²) >= 11 is 0. The summed E-state index contributed by atoms with van der Waals surface area (Å²) < 4.78 is 6.48. The molecule has 4 nitrogen and oxygen atoms in total. The number of hydrogen-bond acceptors (Lipinski definition) is 4. The first-order valence-electron chi connectivity index (χ1n) is 13.5. The lowest BCUT2D eigenvalue weighted by molar-refractivity contribution is 0.199. The Labute approximate surface area is 220 Å². The van der Waals surface area contributed by atoms with Crippen LogP contribution in [0.3, 0.4) is 0 Å². The van der Waals surface area contributed by atoms with Crippen molar-refractivity contribution in [1.82, 2.24) is 4.90 Å². The highest BCUT2D eigenvalue weighted by Crippen LogP contribution is 2.45. The van der Waals surface area contributed by atoms with Crippen molar-refractivity contribution in [3.63, 3.8) is 0 Å². The van der Waals surface area contributed by atoms with Gasteiger partial charge in [0.2, 0.25) is 0 Å². The lowest BCUT2D eigenvalue weighted by atomic mass is 9.80. The number of rotatable bonds is 7. The summed E-state index contributed by atoms with van der Waals surface area (Å²) in [4.78, 5) is 5.00. The molecular formula is C33H35N3O. The Morgan fingerprint density at radius 3 is 2.11 bits per heavy atom. The van der Waals surface area contributed by atoms with Crippen molar-refractivity contribution in [3.8, 4) is 5.75 Å². The average molecular weight is 490 g/mol. The Kier molecular flexibility index (Phi) is 7.09. The Bertz CT molecular complexity index is 1290. The number of hydrogen-bond donors (Lipinski definition) is 1. The van der Waals surface area contributed by atoms with E-state index in [0.717, 1.165) is 44.9 Å². The second kappa shape index (κ2) is 11.1. The van der Waals surface area contributed by atoms with Crippen LogP contribution in [-0.4, -0.2) is 44.2 Å². The van der Waals surface area contributed by atoms with E-state index in [4.69, 9.17) is 4.74 Å². The molecule has 0 saturated carbocycles. The molecule has 188 valence electrons. The maximum absolute atomic E-state index is 6.48. The number of para-hydroxylation sites is 3. The van der Waals surface area contributed by atoms with E-state index in [0.29, 0.717) is 6.61 Å². The molecule has 1 fully saturated rings. The molecule has 0 radical (unpaired) electrons. The number of nitrogens with one attached hydrogen (secondary N) is 1. The van der Waals surface area contributed by atoms with Crippen LogP contribution in [0.1, 0.15) is 35.1 Å². The van der Waals surface area contributed by atoms with Gasteiger partial charge in [0.1, 0.15) is 12.4 Å². The molecule has 2 unspecified atom stereocenters. The van der Waals surface area contributed by atoms with Gasteiger partial charge >= 0.3 is 0 Å². The van der Waals surface area contributed by atoms with E-state index in [1.165, 1.54) is 28.1 Å². The molecule has 1 N–H and O–H groups in total. The van der Waals surface area contributed by atoms with E-state index in [1.54, 1.807) is 0 Å². The quantitative estimate of drug-likeness (QED) is 0.317. The van der Waals surface area contributed by atoms with Gasteiger partial charge in [0, 0.05) is 55.6 Å². The molecule has 4 aromatic rings. The first-order valence-corrected chi connectivity index (χ1v) is 13.5. The smallest absolute Gasteiger partial charge is 0.123 e. The molecule has 4 heteroatoms. The van der Waals surface area contributed by atoms with Crippen molar-refractivity contribution in [1.29, 1.82) is 0 Å². The van der Waals surface area contributed by atoms with Crippen LogP contribution in [-0.2, 0) is 0 Å². The molecule has 0 bridgehead atoms. The maximum Gasteiger partial charge on any atom is 0.123 e. The highest BCUT2D eigenvalue weighted by molar-refractivity contribution is 5.60. The molecule has 0 aliphatic carbocycles. The minimum Gasteiger partial charge on any atom is -0.492 e. The number of benzene rings is 4. The van der Waals surface area contributed by atoms with Gasteiger partial charge in [0.15, 0.2) is 0 Å². The van der Waals surface area contributed by atoms with Crippen LogP contribution >= 0.6 is 0 Å². The summed E-state index contributed by atoms with van der Waals surface area (Å²) in [6.07, 6.45) is 1.00. The SMILES string of the molecule is c1ccc(C2CC(c3ccccc3OCCN3CCN(c4ccccc4)CC3)c3ccccc3N2)cc1. The third-order valence-electron chi connectivity index (χ3n) is 7.79. The van der Waals surface area contributed by atoms with Crippen LogP contribution in [0.5, 0.6) is 5.75 Å². The lowest BCUT2D eigenvalue weighted by Gasteiger charge is -2.36. The molecule has 0 aromatic heterocycles. The van der Waals surface area contributed by atoms with Gasteiger partial charge in [-0.25, -0.2) is 0 Å². The summed E-state index contributed by atoms with van der Waals surface area (Å²) in [7, 11) is 0. The third kappa shape index (κ3) is 5.35. The van der Waals surface area contributed by atoms with Crippen LogP contribution in [0, 0.1) is 0 Å². The van der Waals surface area contributed by atoms with Crippen molar-refractivity contribution >= 4 is 11.4 Å². The van der Waals surface area contributed by atoms with Crippen molar-refractivity contribution < 1.29 is 4.74 Å². The van der Waals surface area contributed by atoms with Crippen LogP contribution in [0.4, 0.5) is 11.4 Å². The average Bonchev–Trinajstić information content (AvgIpc) is 2.98. The molecule has 4 aromatic carbocycles. The first kappa shape index (κ1) is 23.6. The van der Waals surface area contributed by atoms with Gasteiger partial charge < -0.3 is 15.0 Å². The molecule has 2 aliphatic rings. The molecular weight excluding hydrogens is 454 g/mol. The van der Waals surface area contributed by atoms with Gasteiger partial charge in [-0.05, 0) is 41.8 Å². The molecule has 2 heterocycles. The zero-order chi connectivity index (χ0) is 24.9. The summed E-state index contributed by atoms with van der Waals surface area (Å²) in [6, 6.07) is 39.2. The zero-order valence-electron chi connectivity index (χ0n) is 21.3. The van der Waals surface area contributed by atoms with Gasteiger partial charge in [-0.1, -0.05) is 84.9 Å². The molecule has 2 atom stereocenters. The number of ether oxygens (including phenoxy) is 1. The predicted octanol–water partition coefficient (Wildman–Crippen LogP) is 6.58. The molecule has 0 amide bonds. The monoisotopic (exact) mass is 489 g/mol. The predicted molar refractivity (Wildman–Crippen MR) is 153 cm³/mol. The lowest BCUT2D eigenvalue weighted by Crippen LogP contribution is -2.47. The number of nitrogens with zero attached hydrogens (tertiary/aromatic N) is 2. The van der Waals surface area contributed by atoms with Gasteiger partial charge in [0.05, 0.1) is 6.04 Å². The summed E-state index contributed by atoms with van der Waals surface area (Å²) in [5.74, 6) is 1.30. The minimum atomic E-state index is 0.273. The van der Waals surface area contributed by atoms with E-state index >= 15 is 0 Å². The van der Waals surface area contributed by atoms with Crippen molar-refractivity contribution in [2.24, 2.45) is 0 Å². The summed E-state index contributed by atoms with van der Waals surface area (Å²) in [5, 5.41) is 3.78. The summed E-state index contributed by atoms with van der Waals surface area (Å²) in [6.45, 7) is 5.92. The van der Waals surface area contributed by atoms with Crippen molar-refractivity contribution in [2.45, 2.75) is 18.4 Å². The largest absolute Gasteiger partial charge is 0.492 e. The van der Waals surface area contributed by atoms with E-state index in [-0.39, 0.29) is 12.0 Å². The molecule has 0 spiro atoms. The fourth-order valence-electron chi connectivity index (χ4n) is 5.79. The van der Waals surface area contributed by atoms with Crippen molar-refractivity contribution in [3.05, 3.63) is 126 Å². The number of anilines is 2. The minimum absolute atomic E-state index is 0.273. The van der Waals surface area contributed by atoms with Crippen molar-refractivity contribution in [2.75, 3.05) is 49.5 Å². The number of fused-ring (bicyclic) bond motifs is 1. The molecule has 2 aliphatic heterocycles. The Morgan fingerprint density at radius 2 is 1.32 bits per heavy atom. The van der Waals surface area contributed by atoms with Gasteiger partial charge in [0.25, 0.3) is 0 Å².